The SMILES string of the molecule is CC(C)(C)OC(=O)N(C(=O)CC[C@H](N)C(=O)O)[C@H](Cc1c[nH]c2ccccc12)C(=O)O. The monoisotopic (exact) mass is 433 g/mol. The maximum absolute atomic E-state index is 12.8. The molecule has 0 aliphatic rings. The van der Waals surface area contributed by atoms with E-state index >= 15 is 0 Å². The molecule has 0 aliphatic heterocycles. The number of hydrogen-bond donors (Lipinski definition) is 4. The third-order valence-corrected chi connectivity index (χ3v) is 4.53. The Morgan fingerprint density at radius 1 is 1.13 bits per heavy atom. The first-order valence-corrected chi connectivity index (χ1v) is 9.72. The van der Waals surface area contributed by atoms with Crippen molar-refractivity contribution < 1.29 is 34.1 Å². The van der Waals surface area contributed by atoms with Crippen LogP contribution < -0.4 is 5.73 Å². The molecule has 2 aromatic rings. The second-order valence-electron chi connectivity index (χ2n) is 8.15. The summed E-state index contributed by atoms with van der Waals surface area (Å²) in [5, 5.41) is 19.5. The Balaban J connectivity index is 2.36. The first kappa shape index (κ1) is 23.9. The molecule has 0 unspecified atom stereocenters. The number of rotatable bonds is 8. The Morgan fingerprint density at radius 2 is 1.77 bits per heavy atom. The van der Waals surface area contributed by atoms with Gasteiger partial charge in [0.1, 0.15) is 17.7 Å². The van der Waals surface area contributed by atoms with E-state index in [9.17, 15) is 24.3 Å². The highest BCUT2D eigenvalue weighted by atomic mass is 16.6. The lowest BCUT2D eigenvalue weighted by Gasteiger charge is -2.30. The van der Waals surface area contributed by atoms with Gasteiger partial charge in [-0.05, 0) is 38.8 Å². The van der Waals surface area contributed by atoms with E-state index in [2.05, 4.69) is 4.98 Å². The van der Waals surface area contributed by atoms with Crippen molar-refractivity contribution in [2.45, 2.75) is 57.7 Å². The third-order valence-electron chi connectivity index (χ3n) is 4.53. The Labute approximate surface area is 179 Å². The highest BCUT2D eigenvalue weighted by Crippen LogP contribution is 2.23. The summed E-state index contributed by atoms with van der Waals surface area (Å²) in [5.74, 6) is -3.57. The molecule has 1 aromatic carbocycles. The molecule has 0 saturated carbocycles. The quantitative estimate of drug-likeness (QED) is 0.492. The van der Waals surface area contributed by atoms with E-state index in [1.54, 1.807) is 39.1 Å². The number of carboxylic acid groups (broad SMARTS) is 2. The summed E-state index contributed by atoms with van der Waals surface area (Å²) in [5.41, 5.74) is 5.85. The van der Waals surface area contributed by atoms with E-state index in [4.69, 9.17) is 15.6 Å². The van der Waals surface area contributed by atoms with Crippen molar-refractivity contribution in [3.05, 3.63) is 36.0 Å². The zero-order chi connectivity index (χ0) is 23.3. The van der Waals surface area contributed by atoms with Gasteiger partial charge in [-0.2, -0.15) is 0 Å². The molecule has 31 heavy (non-hydrogen) atoms. The summed E-state index contributed by atoms with van der Waals surface area (Å²) in [6, 6.07) is 4.35. The first-order valence-electron chi connectivity index (χ1n) is 9.72. The van der Waals surface area contributed by atoms with Gasteiger partial charge in [-0.15, -0.1) is 0 Å². The smallest absolute Gasteiger partial charge is 0.417 e. The van der Waals surface area contributed by atoms with Gasteiger partial charge < -0.3 is 25.7 Å². The molecule has 0 spiro atoms. The van der Waals surface area contributed by atoms with Crippen LogP contribution in [0.1, 0.15) is 39.2 Å². The topological polar surface area (TPSA) is 163 Å². The van der Waals surface area contributed by atoms with Gasteiger partial charge >= 0.3 is 18.0 Å². The van der Waals surface area contributed by atoms with Gasteiger partial charge in [-0.1, -0.05) is 18.2 Å². The second-order valence-corrected chi connectivity index (χ2v) is 8.15. The number of aliphatic carboxylic acids is 2. The molecule has 0 saturated heterocycles. The van der Waals surface area contributed by atoms with Gasteiger partial charge in [0.2, 0.25) is 5.91 Å². The summed E-state index contributed by atoms with van der Waals surface area (Å²) in [6.07, 6.45) is -0.334. The third kappa shape index (κ3) is 6.29. The zero-order valence-corrected chi connectivity index (χ0v) is 17.6. The van der Waals surface area contributed by atoms with E-state index in [0.29, 0.717) is 10.5 Å². The van der Waals surface area contributed by atoms with Crippen LogP contribution in [0, 0.1) is 0 Å². The van der Waals surface area contributed by atoms with Crippen LogP contribution in [-0.2, 0) is 25.5 Å². The van der Waals surface area contributed by atoms with E-state index in [-0.39, 0.29) is 12.8 Å². The lowest BCUT2D eigenvalue weighted by molar-refractivity contribution is -0.149. The number of nitrogens with zero attached hydrogens (tertiary/aromatic N) is 1. The van der Waals surface area contributed by atoms with Gasteiger partial charge in [0.15, 0.2) is 0 Å². The number of carbonyl (C=O) groups excluding carboxylic acids is 2. The number of carbonyl (C=O) groups is 4. The van der Waals surface area contributed by atoms with Crippen molar-refractivity contribution in [3.8, 4) is 0 Å². The predicted octanol–water partition coefficient (Wildman–Crippen LogP) is 2.12. The van der Waals surface area contributed by atoms with Gasteiger partial charge in [0, 0.05) is 29.9 Å². The molecule has 2 atom stereocenters. The van der Waals surface area contributed by atoms with Crippen molar-refractivity contribution in [1.82, 2.24) is 9.88 Å². The number of imide groups is 1. The van der Waals surface area contributed by atoms with Crippen LogP contribution in [0.25, 0.3) is 10.9 Å². The Hall–Kier alpha value is -3.40. The van der Waals surface area contributed by atoms with Crippen LogP contribution >= 0.6 is 0 Å². The fraction of sp³-hybridized carbons (Fsp3) is 0.429. The minimum absolute atomic E-state index is 0.157. The summed E-state index contributed by atoms with van der Waals surface area (Å²) in [4.78, 5) is 52.2. The average molecular weight is 433 g/mol. The van der Waals surface area contributed by atoms with Crippen LogP contribution in [0.4, 0.5) is 4.79 Å². The van der Waals surface area contributed by atoms with Gasteiger partial charge in [0.05, 0.1) is 0 Å². The van der Waals surface area contributed by atoms with Crippen molar-refractivity contribution >= 4 is 34.8 Å². The molecular weight excluding hydrogens is 406 g/mol. The maximum atomic E-state index is 12.8. The van der Waals surface area contributed by atoms with Crippen LogP contribution in [0.5, 0.6) is 0 Å². The Bertz CT molecular complexity index is 977. The molecule has 1 aromatic heterocycles. The molecule has 5 N–H and O–H groups in total. The number of hydrogen-bond acceptors (Lipinski definition) is 6. The molecule has 0 radical (unpaired) electrons. The van der Waals surface area contributed by atoms with Crippen molar-refractivity contribution in [2.75, 3.05) is 0 Å². The predicted molar refractivity (Wildman–Crippen MR) is 111 cm³/mol. The maximum Gasteiger partial charge on any atom is 0.417 e. The number of aromatic nitrogens is 1. The largest absolute Gasteiger partial charge is 0.480 e. The zero-order valence-electron chi connectivity index (χ0n) is 17.6. The molecule has 168 valence electrons. The van der Waals surface area contributed by atoms with Crippen molar-refractivity contribution in [3.63, 3.8) is 0 Å². The van der Waals surface area contributed by atoms with Gasteiger partial charge in [-0.25, -0.2) is 14.5 Å². The molecule has 0 fully saturated rings. The number of carboxylic acids is 2. The number of para-hydroxylation sites is 1. The lowest BCUT2D eigenvalue weighted by atomic mass is 10.0. The molecule has 10 heteroatoms. The molecule has 2 rings (SSSR count). The second kappa shape index (κ2) is 9.61. The first-order chi connectivity index (χ1) is 14.4. The highest BCUT2D eigenvalue weighted by molar-refractivity contribution is 5.97. The molecule has 0 aliphatic carbocycles. The number of nitrogens with two attached hydrogens (primary N) is 1. The van der Waals surface area contributed by atoms with Gasteiger partial charge in [-0.3, -0.25) is 9.59 Å². The highest BCUT2D eigenvalue weighted by Gasteiger charge is 2.38. The van der Waals surface area contributed by atoms with E-state index in [0.717, 1.165) is 10.9 Å². The van der Waals surface area contributed by atoms with E-state index in [1.807, 2.05) is 12.1 Å². The lowest BCUT2D eigenvalue weighted by Crippen LogP contribution is -2.51. The normalized spacial score (nSPS) is 13.4. The number of H-pyrrole nitrogens is 1. The minimum atomic E-state index is -1.55. The van der Waals surface area contributed by atoms with Gasteiger partial charge in [0.25, 0.3) is 0 Å². The molecule has 0 bridgehead atoms. The number of nitrogens with one attached hydrogen (secondary N) is 1. The average Bonchev–Trinajstić information content (AvgIpc) is 3.07. The molecule has 1 heterocycles. The van der Waals surface area contributed by atoms with Crippen LogP contribution in [0.15, 0.2) is 30.5 Å². The Kier molecular flexibility index (Phi) is 7.40. The standard InChI is InChI=1S/C21H27N3O7/c1-21(2,3)31-20(30)24(17(25)9-8-14(22)18(26)27)16(19(28)29)10-12-11-23-15-7-5-4-6-13(12)15/h4-7,11,14,16,23H,8-10,22H2,1-3H3,(H,26,27)(H,28,29)/t14-,16+/m0/s1. The molecule has 10 nitrogen and oxygen atoms in total. The summed E-state index contributed by atoms with van der Waals surface area (Å²) in [7, 11) is 0. The molecule has 2 amide bonds. The number of ether oxygens (including phenoxy) is 1. The number of benzene rings is 1. The summed E-state index contributed by atoms with van der Waals surface area (Å²) < 4.78 is 5.26. The molecular formula is C21H27N3O7. The van der Waals surface area contributed by atoms with Crippen molar-refractivity contribution in [1.29, 1.82) is 0 Å². The number of aromatic amines is 1. The van der Waals surface area contributed by atoms with Crippen molar-refractivity contribution in [2.24, 2.45) is 5.73 Å². The fourth-order valence-corrected chi connectivity index (χ4v) is 3.03. The number of fused-ring (bicyclic) bond motifs is 1. The minimum Gasteiger partial charge on any atom is -0.480 e. The van der Waals surface area contributed by atoms with Crippen LogP contribution in [0.3, 0.4) is 0 Å². The fourth-order valence-electron chi connectivity index (χ4n) is 3.03. The van der Waals surface area contributed by atoms with E-state index in [1.165, 1.54) is 0 Å². The van der Waals surface area contributed by atoms with Crippen LogP contribution in [-0.4, -0.2) is 61.7 Å². The summed E-state index contributed by atoms with van der Waals surface area (Å²) in [6.45, 7) is 4.76. The van der Waals surface area contributed by atoms with Crippen LogP contribution in [0.2, 0.25) is 0 Å². The Morgan fingerprint density at radius 3 is 2.35 bits per heavy atom. The summed E-state index contributed by atoms with van der Waals surface area (Å²) >= 11 is 0. The van der Waals surface area contributed by atoms with E-state index < -0.39 is 48.0 Å². The number of amides is 2.